The molecule has 40 heavy (non-hydrogen) atoms. The Kier molecular flexibility index (Phi) is 5.81. The van der Waals surface area contributed by atoms with Gasteiger partial charge in [-0.1, -0.05) is 0 Å². The highest BCUT2D eigenvalue weighted by molar-refractivity contribution is 6.32. The Hall–Kier alpha value is -3.55. The van der Waals surface area contributed by atoms with E-state index in [2.05, 4.69) is 5.32 Å². The number of Topliss-reactive ketones (excluding diaryl/α,β-unsaturated/α-hetero) is 4. The second kappa shape index (κ2) is 8.72. The molecule has 0 radical (unpaired) electrons. The standard InChI is InChI=1S/C27H29FN4O8/c1-31(2)19-12-7-9-6-10-15(20(33)14(9)23(36)27(12,40)24(37)16(22(19)35)25(29)38)21(34)18-11(17(10)28)8-32-5-3-4-13(32)26(39)30-18/h9,12-14,16,19,34,40H,3-8H2,1-2H3,(H2,29,38)(H,30,39)/t9-,12-,13-,14?,16?,19-,27-/m0/s1. The summed E-state index contributed by atoms with van der Waals surface area (Å²) in [6, 6.07) is -1.75. The molecule has 2 heterocycles. The van der Waals surface area contributed by atoms with Crippen LogP contribution in [0, 0.1) is 29.5 Å². The minimum atomic E-state index is -2.87. The van der Waals surface area contributed by atoms with Gasteiger partial charge in [-0.05, 0) is 52.2 Å². The van der Waals surface area contributed by atoms with Gasteiger partial charge < -0.3 is 21.3 Å². The van der Waals surface area contributed by atoms with Gasteiger partial charge in [0.15, 0.2) is 40.4 Å². The summed E-state index contributed by atoms with van der Waals surface area (Å²) in [6.07, 6.45) is 0.954. The number of carbonyl (C=O) groups is 6. The van der Waals surface area contributed by atoms with Crippen LogP contribution < -0.4 is 11.1 Å². The van der Waals surface area contributed by atoms with Crippen molar-refractivity contribution in [2.75, 3.05) is 26.0 Å². The predicted molar refractivity (Wildman–Crippen MR) is 133 cm³/mol. The first-order valence-corrected chi connectivity index (χ1v) is 13.3. The second-order valence-corrected chi connectivity index (χ2v) is 11.8. The Morgan fingerprint density at radius 2 is 1.85 bits per heavy atom. The third-order valence-electron chi connectivity index (χ3n) is 9.54. The van der Waals surface area contributed by atoms with Crippen LogP contribution in [0.5, 0.6) is 5.75 Å². The van der Waals surface area contributed by atoms with E-state index in [0.29, 0.717) is 13.0 Å². The fourth-order valence-electron chi connectivity index (χ4n) is 7.76. The zero-order valence-electron chi connectivity index (χ0n) is 21.9. The number of rotatable bonds is 2. The van der Waals surface area contributed by atoms with Crippen LogP contribution in [0.3, 0.4) is 0 Å². The number of hydrogen-bond donors (Lipinski definition) is 4. The molecule has 1 aromatic carbocycles. The average molecular weight is 557 g/mol. The number of hydrogen-bond acceptors (Lipinski definition) is 10. The van der Waals surface area contributed by atoms with E-state index in [9.17, 15) is 39.0 Å². The van der Waals surface area contributed by atoms with Gasteiger partial charge >= 0.3 is 0 Å². The highest BCUT2D eigenvalue weighted by Crippen LogP contribution is 2.52. The maximum atomic E-state index is 16.1. The number of carbonyl (C=O) groups excluding carboxylic acids is 6. The number of fused-ring (bicyclic) bond motifs is 5. The molecule has 7 atom stereocenters. The summed E-state index contributed by atoms with van der Waals surface area (Å²) < 4.78 is 16.1. The Labute approximate surface area is 227 Å². The number of halogens is 1. The number of nitrogens with one attached hydrogen (secondary N) is 1. The molecule has 1 saturated heterocycles. The number of aliphatic hydroxyl groups is 1. The molecule has 2 saturated carbocycles. The fourth-order valence-corrected chi connectivity index (χ4v) is 7.76. The van der Waals surface area contributed by atoms with E-state index < -0.39 is 93.4 Å². The van der Waals surface area contributed by atoms with Crippen LogP contribution in [0.4, 0.5) is 10.1 Å². The van der Waals surface area contributed by atoms with E-state index in [1.807, 2.05) is 4.90 Å². The summed E-state index contributed by atoms with van der Waals surface area (Å²) in [6.45, 7) is 0.600. The van der Waals surface area contributed by atoms with E-state index in [1.165, 1.54) is 19.0 Å². The first kappa shape index (κ1) is 26.7. The third-order valence-corrected chi connectivity index (χ3v) is 9.54. The van der Waals surface area contributed by atoms with Gasteiger partial charge in [-0.25, -0.2) is 4.39 Å². The molecule has 1 aromatic rings. The second-order valence-electron chi connectivity index (χ2n) is 11.8. The van der Waals surface area contributed by atoms with Gasteiger partial charge in [-0.3, -0.25) is 38.6 Å². The Morgan fingerprint density at radius 1 is 1.15 bits per heavy atom. The lowest BCUT2D eigenvalue weighted by atomic mass is 9.52. The van der Waals surface area contributed by atoms with Gasteiger partial charge in [0.1, 0.15) is 5.82 Å². The summed E-state index contributed by atoms with van der Waals surface area (Å²) in [7, 11) is 2.98. The number of amides is 2. The molecule has 5 aliphatic rings. The molecule has 2 aliphatic heterocycles. The molecule has 13 heteroatoms. The predicted octanol–water partition coefficient (Wildman–Crippen LogP) is -1.08. The van der Waals surface area contributed by atoms with Crippen molar-refractivity contribution in [3.8, 4) is 5.75 Å². The van der Waals surface area contributed by atoms with Crippen LogP contribution in [0.15, 0.2) is 0 Å². The molecule has 212 valence electrons. The number of nitrogens with two attached hydrogens (primary N) is 1. The van der Waals surface area contributed by atoms with Crippen molar-refractivity contribution in [3.05, 3.63) is 22.5 Å². The zero-order valence-corrected chi connectivity index (χ0v) is 21.9. The molecule has 0 bridgehead atoms. The number of ketones is 4. The molecule has 2 unspecified atom stereocenters. The van der Waals surface area contributed by atoms with Gasteiger partial charge in [0.05, 0.1) is 29.3 Å². The minimum absolute atomic E-state index is 0.0369. The van der Waals surface area contributed by atoms with Crippen molar-refractivity contribution < 1.29 is 43.4 Å². The summed E-state index contributed by atoms with van der Waals surface area (Å²) in [5, 5.41) is 25.4. The van der Waals surface area contributed by atoms with Crippen molar-refractivity contribution in [2.45, 2.75) is 49.9 Å². The summed E-state index contributed by atoms with van der Waals surface area (Å²) in [5.74, 6) is -13.5. The Morgan fingerprint density at radius 3 is 2.50 bits per heavy atom. The monoisotopic (exact) mass is 556 g/mol. The van der Waals surface area contributed by atoms with E-state index in [1.54, 1.807) is 0 Å². The van der Waals surface area contributed by atoms with E-state index in [0.717, 1.165) is 6.42 Å². The highest BCUT2D eigenvalue weighted by atomic mass is 19.1. The molecule has 5 N–H and O–H groups in total. The average Bonchev–Trinajstić information content (AvgIpc) is 3.29. The van der Waals surface area contributed by atoms with E-state index >= 15 is 4.39 Å². The maximum Gasteiger partial charge on any atom is 0.241 e. The largest absolute Gasteiger partial charge is 0.505 e. The van der Waals surface area contributed by atoms with Crippen molar-refractivity contribution in [2.24, 2.45) is 29.4 Å². The third kappa shape index (κ3) is 3.28. The van der Waals surface area contributed by atoms with Crippen LogP contribution in [0.25, 0.3) is 0 Å². The van der Waals surface area contributed by atoms with Crippen molar-refractivity contribution >= 4 is 40.6 Å². The maximum absolute atomic E-state index is 16.1. The summed E-state index contributed by atoms with van der Waals surface area (Å²) in [5.41, 5.74) is 1.66. The molecular formula is C27H29FN4O8. The number of likely N-dealkylation sites (N-methyl/N-ethyl adjacent to an activating group) is 1. The fraction of sp³-hybridized carbons (Fsp3) is 0.556. The van der Waals surface area contributed by atoms with Gasteiger partial charge in [-0.15, -0.1) is 0 Å². The quantitative estimate of drug-likeness (QED) is 0.258. The van der Waals surface area contributed by atoms with E-state index in [-0.39, 0.29) is 36.2 Å². The lowest BCUT2D eigenvalue weighted by molar-refractivity contribution is -0.181. The van der Waals surface area contributed by atoms with Crippen LogP contribution >= 0.6 is 0 Å². The van der Waals surface area contributed by atoms with Crippen LogP contribution in [-0.4, -0.2) is 93.3 Å². The number of aromatic hydroxyl groups is 1. The zero-order chi connectivity index (χ0) is 29.0. The molecule has 0 spiro atoms. The Balaban J connectivity index is 1.48. The molecule has 12 nitrogen and oxygen atoms in total. The molecule has 2 amide bonds. The molecule has 6 rings (SSSR count). The summed E-state index contributed by atoms with van der Waals surface area (Å²) in [4.78, 5) is 82.3. The van der Waals surface area contributed by atoms with Gasteiger partial charge in [0.2, 0.25) is 11.8 Å². The van der Waals surface area contributed by atoms with Crippen LogP contribution in [0.1, 0.15) is 40.7 Å². The number of nitrogens with zero attached hydrogens (tertiary/aromatic N) is 2. The minimum Gasteiger partial charge on any atom is -0.505 e. The number of phenols is 1. The molecule has 3 aliphatic carbocycles. The summed E-state index contributed by atoms with van der Waals surface area (Å²) >= 11 is 0. The topological polar surface area (TPSA) is 187 Å². The van der Waals surface area contributed by atoms with Crippen molar-refractivity contribution in [1.82, 2.24) is 9.80 Å². The number of benzene rings is 1. The Bertz CT molecular complexity index is 1440. The molecule has 3 fully saturated rings. The smallest absolute Gasteiger partial charge is 0.241 e. The first-order chi connectivity index (χ1) is 18.8. The van der Waals surface area contributed by atoms with Gasteiger partial charge in [0.25, 0.3) is 0 Å². The molecule has 0 aromatic heterocycles. The number of anilines is 1. The van der Waals surface area contributed by atoms with Gasteiger partial charge in [0, 0.05) is 23.6 Å². The SMILES string of the molecule is CN(C)[C@@H]1C(=O)C(C(N)=O)C(=O)[C@@]2(O)C(=O)C3C(=O)c4c(O)c5c(c(F)c4C[C@H]3C[C@@H]12)CN1CCC[C@H]1C(=O)N5. The number of primary amides is 1. The lowest BCUT2D eigenvalue weighted by Crippen LogP contribution is -2.74. The van der Waals surface area contributed by atoms with Crippen molar-refractivity contribution in [3.63, 3.8) is 0 Å². The van der Waals surface area contributed by atoms with Crippen molar-refractivity contribution in [1.29, 1.82) is 0 Å². The van der Waals surface area contributed by atoms with E-state index in [4.69, 9.17) is 5.73 Å². The van der Waals surface area contributed by atoms with Crippen LogP contribution in [0.2, 0.25) is 0 Å². The van der Waals surface area contributed by atoms with Crippen LogP contribution in [-0.2, 0) is 36.9 Å². The highest BCUT2D eigenvalue weighted by Gasteiger charge is 2.69. The van der Waals surface area contributed by atoms with Gasteiger partial charge in [-0.2, -0.15) is 0 Å². The normalized spacial score (nSPS) is 35.4. The lowest BCUT2D eigenvalue weighted by Gasteiger charge is -2.52. The molecular weight excluding hydrogens is 527 g/mol. The number of phenolic OH excluding ortho intramolecular Hbond substituents is 1. The first-order valence-electron chi connectivity index (χ1n) is 13.3.